The van der Waals surface area contributed by atoms with Gasteiger partial charge in [-0.25, -0.2) is 4.79 Å². The number of rotatable bonds is 3. The first-order chi connectivity index (χ1) is 9.73. The SMILES string of the molecule is CC(C)(C)OC(=O)/C=C/c1ccc2c(c1)C(C)(CI)CO2. The highest BCUT2D eigenvalue weighted by Gasteiger charge is 2.35. The molecule has 1 unspecified atom stereocenters. The minimum atomic E-state index is -0.465. The second kappa shape index (κ2) is 5.99. The minimum absolute atomic E-state index is 0.0473. The molecule has 0 bridgehead atoms. The normalized spacial score (nSPS) is 21.2. The average Bonchev–Trinajstić information content (AvgIpc) is 2.73. The third-order valence-corrected chi connectivity index (χ3v) is 5.00. The first kappa shape index (κ1) is 16.3. The van der Waals surface area contributed by atoms with Crippen molar-refractivity contribution < 1.29 is 14.3 Å². The Balaban J connectivity index is 2.16. The molecule has 1 aliphatic heterocycles. The number of hydrogen-bond acceptors (Lipinski definition) is 3. The fourth-order valence-corrected chi connectivity index (χ4v) is 2.81. The lowest BCUT2D eigenvalue weighted by molar-refractivity contribution is -0.148. The van der Waals surface area contributed by atoms with E-state index in [1.165, 1.54) is 11.6 Å². The van der Waals surface area contributed by atoms with E-state index in [9.17, 15) is 4.79 Å². The third kappa shape index (κ3) is 3.99. The Labute approximate surface area is 139 Å². The monoisotopic (exact) mass is 400 g/mol. The van der Waals surface area contributed by atoms with Crippen LogP contribution in [0, 0.1) is 0 Å². The highest BCUT2D eigenvalue weighted by Crippen LogP contribution is 2.40. The lowest BCUT2D eigenvalue weighted by atomic mass is 9.86. The fraction of sp³-hybridized carbons (Fsp3) is 0.471. The van der Waals surface area contributed by atoms with Crippen molar-refractivity contribution in [3.8, 4) is 5.75 Å². The molecule has 21 heavy (non-hydrogen) atoms. The molecule has 0 aromatic heterocycles. The van der Waals surface area contributed by atoms with Crippen molar-refractivity contribution in [3.63, 3.8) is 0 Å². The van der Waals surface area contributed by atoms with Crippen molar-refractivity contribution >= 4 is 34.6 Å². The molecular formula is C17H21IO3. The van der Waals surface area contributed by atoms with E-state index in [4.69, 9.17) is 9.47 Å². The van der Waals surface area contributed by atoms with E-state index in [1.54, 1.807) is 6.08 Å². The lowest BCUT2D eigenvalue weighted by Crippen LogP contribution is -2.25. The number of carbonyl (C=O) groups excluding carboxylic acids is 1. The average molecular weight is 400 g/mol. The van der Waals surface area contributed by atoms with Gasteiger partial charge in [-0.2, -0.15) is 0 Å². The van der Waals surface area contributed by atoms with E-state index in [-0.39, 0.29) is 11.4 Å². The van der Waals surface area contributed by atoms with Gasteiger partial charge in [0, 0.05) is 21.5 Å². The Kier molecular flexibility index (Phi) is 4.66. The van der Waals surface area contributed by atoms with Gasteiger partial charge in [0.05, 0.1) is 6.61 Å². The first-order valence-electron chi connectivity index (χ1n) is 6.98. The maximum atomic E-state index is 11.7. The van der Waals surface area contributed by atoms with Crippen molar-refractivity contribution in [2.45, 2.75) is 38.7 Å². The van der Waals surface area contributed by atoms with Crippen LogP contribution in [-0.2, 0) is 14.9 Å². The molecule has 0 amide bonds. The second-order valence-electron chi connectivity index (χ2n) is 6.61. The predicted molar refractivity (Wildman–Crippen MR) is 93.1 cm³/mol. The molecular weight excluding hydrogens is 379 g/mol. The number of carbonyl (C=O) groups is 1. The number of esters is 1. The molecule has 4 heteroatoms. The van der Waals surface area contributed by atoms with Crippen LogP contribution in [0.25, 0.3) is 6.08 Å². The molecule has 0 saturated heterocycles. The van der Waals surface area contributed by atoms with Crippen LogP contribution in [-0.4, -0.2) is 22.6 Å². The second-order valence-corrected chi connectivity index (χ2v) is 7.37. The Morgan fingerprint density at radius 2 is 2.19 bits per heavy atom. The summed E-state index contributed by atoms with van der Waals surface area (Å²) in [5.74, 6) is 0.625. The van der Waals surface area contributed by atoms with Gasteiger partial charge in [0.15, 0.2) is 0 Å². The molecule has 1 aromatic carbocycles. The fourth-order valence-electron chi connectivity index (χ4n) is 2.17. The van der Waals surface area contributed by atoms with Crippen LogP contribution in [0.4, 0.5) is 0 Å². The topological polar surface area (TPSA) is 35.5 Å². The summed E-state index contributed by atoms with van der Waals surface area (Å²) in [5.41, 5.74) is 1.78. The number of fused-ring (bicyclic) bond motifs is 1. The number of benzene rings is 1. The van der Waals surface area contributed by atoms with E-state index in [0.717, 1.165) is 15.7 Å². The van der Waals surface area contributed by atoms with Gasteiger partial charge in [-0.1, -0.05) is 35.6 Å². The summed E-state index contributed by atoms with van der Waals surface area (Å²) in [6.45, 7) is 8.49. The molecule has 0 aliphatic carbocycles. The standard InChI is InChI=1S/C17H21IO3/c1-16(2,3)21-15(19)8-6-12-5-7-14-13(9-12)17(4,10-18)11-20-14/h5-9H,10-11H2,1-4H3/b8-6+. The van der Waals surface area contributed by atoms with E-state index < -0.39 is 5.60 Å². The molecule has 0 spiro atoms. The Hall–Kier alpha value is -1.04. The van der Waals surface area contributed by atoms with E-state index in [0.29, 0.717) is 6.61 Å². The lowest BCUT2D eigenvalue weighted by Gasteiger charge is -2.19. The molecule has 1 heterocycles. The van der Waals surface area contributed by atoms with E-state index in [1.807, 2.05) is 32.9 Å². The molecule has 0 N–H and O–H groups in total. The zero-order valence-electron chi connectivity index (χ0n) is 12.9. The smallest absolute Gasteiger partial charge is 0.331 e. The maximum absolute atomic E-state index is 11.7. The minimum Gasteiger partial charge on any atom is -0.492 e. The molecule has 0 radical (unpaired) electrons. The molecule has 0 saturated carbocycles. The molecule has 1 aromatic rings. The van der Waals surface area contributed by atoms with Crippen molar-refractivity contribution in [3.05, 3.63) is 35.4 Å². The highest BCUT2D eigenvalue weighted by molar-refractivity contribution is 14.1. The number of alkyl halides is 1. The predicted octanol–water partition coefficient (Wildman–Crippen LogP) is 4.13. The third-order valence-electron chi connectivity index (χ3n) is 3.31. The molecule has 1 aliphatic rings. The van der Waals surface area contributed by atoms with Crippen LogP contribution in [0.15, 0.2) is 24.3 Å². The highest BCUT2D eigenvalue weighted by atomic mass is 127. The summed E-state index contributed by atoms with van der Waals surface area (Å²) in [6, 6.07) is 6.03. The summed E-state index contributed by atoms with van der Waals surface area (Å²) in [4.78, 5) is 11.7. The zero-order valence-corrected chi connectivity index (χ0v) is 15.1. The van der Waals surface area contributed by atoms with Gasteiger partial charge in [0.1, 0.15) is 11.4 Å². The zero-order chi connectivity index (χ0) is 15.7. The quantitative estimate of drug-likeness (QED) is 0.331. The van der Waals surface area contributed by atoms with Gasteiger partial charge in [-0.15, -0.1) is 0 Å². The molecule has 0 fully saturated rings. The molecule has 114 valence electrons. The van der Waals surface area contributed by atoms with Crippen molar-refractivity contribution in [1.29, 1.82) is 0 Å². The van der Waals surface area contributed by atoms with Crippen LogP contribution < -0.4 is 4.74 Å². The van der Waals surface area contributed by atoms with Crippen LogP contribution in [0.5, 0.6) is 5.75 Å². The van der Waals surface area contributed by atoms with Crippen molar-refractivity contribution in [2.24, 2.45) is 0 Å². The van der Waals surface area contributed by atoms with Crippen LogP contribution >= 0.6 is 22.6 Å². The Bertz CT molecular complexity index is 572. The Morgan fingerprint density at radius 3 is 2.81 bits per heavy atom. The maximum Gasteiger partial charge on any atom is 0.331 e. The Morgan fingerprint density at radius 1 is 1.48 bits per heavy atom. The molecule has 2 rings (SSSR count). The van der Waals surface area contributed by atoms with Crippen molar-refractivity contribution in [2.75, 3.05) is 11.0 Å². The number of halogens is 1. The van der Waals surface area contributed by atoms with E-state index in [2.05, 4.69) is 35.6 Å². The number of hydrogen-bond donors (Lipinski definition) is 0. The van der Waals surface area contributed by atoms with Gasteiger partial charge >= 0.3 is 5.97 Å². The van der Waals surface area contributed by atoms with Crippen LogP contribution in [0.2, 0.25) is 0 Å². The number of ether oxygens (including phenoxy) is 2. The summed E-state index contributed by atoms with van der Waals surface area (Å²) in [7, 11) is 0. The van der Waals surface area contributed by atoms with Gasteiger partial charge < -0.3 is 9.47 Å². The first-order valence-corrected chi connectivity index (χ1v) is 8.50. The van der Waals surface area contributed by atoms with Crippen molar-refractivity contribution in [1.82, 2.24) is 0 Å². The largest absolute Gasteiger partial charge is 0.492 e. The molecule has 3 nitrogen and oxygen atoms in total. The summed E-state index contributed by atoms with van der Waals surface area (Å²) in [6.07, 6.45) is 3.27. The van der Waals surface area contributed by atoms with Gasteiger partial charge in [-0.05, 0) is 44.5 Å². The van der Waals surface area contributed by atoms with E-state index >= 15 is 0 Å². The van der Waals surface area contributed by atoms with Crippen LogP contribution in [0.1, 0.15) is 38.8 Å². The van der Waals surface area contributed by atoms with Crippen LogP contribution in [0.3, 0.4) is 0 Å². The molecule has 1 atom stereocenters. The summed E-state index contributed by atoms with van der Waals surface area (Å²) >= 11 is 2.39. The summed E-state index contributed by atoms with van der Waals surface area (Å²) in [5, 5.41) is 0. The van der Waals surface area contributed by atoms with Gasteiger partial charge in [0.25, 0.3) is 0 Å². The van der Waals surface area contributed by atoms with Gasteiger partial charge in [0.2, 0.25) is 0 Å². The summed E-state index contributed by atoms with van der Waals surface area (Å²) < 4.78 is 12.0. The van der Waals surface area contributed by atoms with Gasteiger partial charge in [-0.3, -0.25) is 0 Å².